The Labute approximate surface area is 164 Å². The van der Waals surface area contributed by atoms with E-state index in [1.807, 2.05) is 17.0 Å². The van der Waals surface area contributed by atoms with E-state index in [2.05, 4.69) is 16.3 Å². The number of nitrogens with zero attached hydrogens (tertiary/aromatic N) is 2. The van der Waals surface area contributed by atoms with Gasteiger partial charge in [-0.05, 0) is 60.5 Å². The van der Waals surface area contributed by atoms with E-state index < -0.39 is 9.84 Å². The predicted molar refractivity (Wildman–Crippen MR) is 108 cm³/mol. The van der Waals surface area contributed by atoms with Crippen LogP contribution in [0.4, 0.5) is 5.69 Å². The second-order valence-electron chi connectivity index (χ2n) is 7.41. The normalized spacial score (nSPS) is 18.4. The topological polar surface area (TPSA) is 57.7 Å². The Bertz CT molecular complexity index is 926. The Hall–Kier alpha value is -1.86. The second kappa shape index (κ2) is 7.28. The average molecular weight is 405 g/mol. The zero-order chi connectivity index (χ0) is 19.0. The molecule has 2 aliphatic rings. The molecule has 3 heterocycles. The maximum Gasteiger partial charge on any atom is 0.226 e. The van der Waals surface area contributed by atoms with Gasteiger partial charge in [-0.25, -0.2) is 8.42 Å². The average Bonchev–Trinajstić information content (AvgIpc) is 3.15. The minimum atomic E-state index is -3.17. The first kappa shape index (κ1) is 18.5. The van der Waals surface area contributed by atoms with Crippen LogP contribution >= 0.6 is 11.3 Å². The molecule has 0 unspecified atom stereocenters. The molecular formula is C20H24N2O3S2. The van der Waals surface area contributed by atoms with Crippen LogP contribution in [-0.4, -0.2) is 45.1 Å². The third-order valence-electron chi connectivity index (χ3n) is 5.59. The smallest absolute Gasteiger partial charge is 0.226 e. The maximum absolute atomic E-state index is 12.9. The van der Waals surface area contributed by atoms with Crippen molar-refractivity contribution in [2.75, 3.05) is 30.8 Å². The molecule has 5 nitrogen and oxygen atoms in total. The summed E-state index contributed by atoms with van der Waals surface area (Å²) in [7, 11) is -3.17. The minimum absolute atomic E-state index is 0.0942. The highest BCUT2D eigenvalue weighted by molar-refractivity contribution is 7.90. The number of thiophene rings is 1. The van der Waals surface area contributed by atoms with E-state index in [1.165, 1.54) is 16.7 Å². The summed E-state index contributed by atoms with van der Waals surface area (Å²) in [4.78, 5) is 19.0. The van der Waals surface area contributed by atoms with E-state index in [0.717, 1.165) is 51.1 Å². The predicted octanol–water partition coefficient (Wildman–Crippen LogP) is 2.95. The Morgan fingerprint density at radius 2 is 1.78 bits per heavy atom. The third kappa shape index (κ3) is 3.89. The van der Waals surface area contributed by atoms with Gasteiger partial charge in [0.2, 0.25) is 5.91 Å². The van der Waals surface area contributed by atoms with Gasteiger partial charge in [0.05, 0.1) is 4.90 Å². The van der Waals surface area contributed by atoms with Gasteiger partial charge in [-0.2, -0.15) is 0 Å². The molecule has 0 atom stereocenters. The summed E-state index contributed by atoms with van der Waals surface area (Å²) in [5, 5.41) is 2.12. The molecule has 1 saturated heterocycles. The Balaban J connectivity index is 1.35. The van der Waals surface area contributed by atoms with Gasteiger partial charge < -0.3 is 9.80 Å². The molecule has 0 N–H and O–H groups in total. The molecule has 0 bridgehead atoms. The van der Waals surface area contributed by atoms with Gasteiger partial charge in [-0.1, -0.05) is 0 Å². The van der Waals surface area contributed by atoms with Crippen LogP contribution in [0.15, 0.2) is 40.6 Å². The summed E-state index contributed by atoms with van der Waals surface area (Å²) in [5.74, 6) is 0.385. The van der Waals surface area contributed by atoms with Gasteiger partial charge in [0.25, 0.3) is 0 Å². The van der Waals surface area contributed by atoms with Gasteiger partial charge >= 0.3 is 0 Å². The molecule has 0 aliphatic carbocycles. The first-order chi connectivity index (χ1) is 12.9. The van der Waals surface area contributed by atoms with E-state index in [1.54, 1.807) is 23.5 Å². The second-order valence-corrected chi connectivity index (χ2v) is 10.4. The van der Waals surface area contributed by atoms with Crippen LogP contribution < -0.4 is 4.90 Å². The Morgan fingerprint density at radius 3 is 2.44 bits per heavy atom. The first-order valence-electron chi connectivity index (χ1n) is 9.31. The van der Waals surface area contributed by atoms with Crippen molar-refractivity contribution >= 4 is 32.8 Å². The lowest BCUT2D eigenvalue weighted by Gasteiger charge is -2.36. The number of carbonyl (C=O) groups is 1. The number of rotatable bonds is 3. The molecule has 1 aromatic carbocycles. The highest BCUT2D eigenvalue weighted by Gasteiger charge is 2.30. The zero-order valence-electron chi connectivity index (χ0n) is 15.4. The molecule has 0 radical (unpaired) electrons. The van der Waals surface area contributed by atoms with Crippen molar-refractivity contribution < 1.29 is 13.2 Å². The van der Waals surface area contributed by atoms with Gasteiger partial charge in [0.15, 0.2) is 9.84 Å². The number of fused-ring (bicyclic) bond motifs is 1. The molecular weight excluding hydrogens is 380 g/mol. The number of piperidine rings is 1. The standard InChI is InChI=1S/C20H24N2O3S2/c1-27(24,25)18-4-2-17(3-5-18)21-10-6-15(7-11-21)20(23)22-12-8-19-16(14-22)9-13-26-19/h2-5,9,13,15H,6-8,10-12,14H2,1H3. The summed E-state index contributed by atoms with van der Waals surface area (Å²) in [6.07, 6.45) is 3.89. The highest BCUT2D eigenvalue weighted by atomic mass is 32.2. The van der Waals surface area contributed by atoms with Crippen LogP contribution in [0, 0.1) is 5.92 Å². The fourth-order valence-electron chi connectivity index (χ4n) is 3.98. The van der Waals surface area contributed by atoms with Crippen molar-refractivity contribution in [1.82, 2.24) is 4.90 Å². The maximum atomic E-state index is 12.9. The van der Waals surface area contributed by atoms with Crippen molar-refractivity contribution in [3.8, 4) is 0 Å². The van der Waals surface area contributed by atoms with Gasteiger partial charge in [-0.15, -0.1) is 11.3 Å². The summed E-state index contributed by atoms with van der Waals surface area (Å²) < 4.78 is 23.2. The molecule has 7 heteroatoms. The van der Waals surface area contributed by atoms with Crippen LogP contribution in [0.1, 0.15) is 23.3 Å². The molecule has 0 saturated carbocycles. The number of carbonyl (C=O) groups excluding carboxylic acids is 1. The molecule has 4 rings (SSSR count). The number of amides is 1. The van der Waals surface area contributed by atoms with Crippen LogP contribution in [0.3, 0.4) is 0 Å². The quantitative estimate of drug-likeness (QED) is 0.789. The van der Waals surface area contributed by atoms with E-state index in [9.17, 15) is 13.2 Å². The van der Waals surface area contributed by atoms with Gasteiger partial charge in [0, 0.05) is 48.9 Å². The molecule has 0 spiro atoms. The van der Waals surface area contributed by atoms with Crippen molar-refractivity contribution in [2.24, 2.45) is 5.92 Å². The number of hydrogen-bond donors (Lipinski definition) is 0. The number of anilines is 1. The van der Waals surface area contributed by atoms with E-state index in [4.69, 9.17) is 0 Å². The summed E-state index contributed by atoms with van der Waals surface area (Å²) >= 11 is 1.79. The lowest BCUT2D eigenvalue weighted by molar-refractivity contribution is -0.137. The lowest BCUT2D eigenvalue weighted by atomic mass is 9.94. The Morgan fingerprint density at radius 1 is 1.07 bits per heavy atom. The zero-order valence-corrected chi connectivity index (χ0v) is 17.1. The number of hydrogen-bond acceptors (Lipinski definition) is 5. The monoisotopic (exact) mass is 404 g/mol. The van der Waals surface area contributed by atoms with Crippen molar-refractivity contribution in [2.45, 2.75) is 30.7 Å². The number of sulfone groups is 1. The molecule has 144 valence electrons. The molecule has 1 aromatic heterocycles. The Kier molecular flexibility index (Phi) is 4.99. The fraction of sp³-hybridized carbons (Fsp3) is 0.450. The largest absolute Gasteiger partial charge is 0.371 e. The van der Waals surface area contributed by atoms with Crippen LogP contribution in [0.5, 0.6) is 0 Å². The van der Waals surface area contributed by atoms with Gasteiger partial charge in [-0.3, -0.25) is 4.79 Å². The van der Waals surface area contributed by atoms with Crippen molar-refractivity contribution in [3.63, 3.8) is 0 Å². The lowest BCUT2D eigenvalue weighted by Crippen LogP contribution is -2.44. The number of benzene rings is 1. The first-order valence-corrected chi connectivity index (χ1v) is 12.1. The molecule has 2 aromatic rings. The third-order valence-corrected chi connectivity index (χ3v) is 7.75. The van der Waals surface area contributed by atoms with Crippen LogP contribution in [0.2, 0.25) is 0 Å². The summed E-state index contributed by atoms with van der Waals surface area (Å²) in [5.41, 5.74) is 2.33. The SMILES string of the molecule is CS(=O)(=O)c1ccc(N2CCC(C(=O)N3CCc4sccc4C3)CC2)cc1. The van der Waals surface area contributed by atoms with Crippen molar-refractivity contribution in [1.29, 1.82) is 0 Å². The summed E-state index contributed by atoms with van der Waals surface area (Å²) in [6, 6.07) is 9.19. The van der Waals surface area contributed by atoms with Crippen LogP contribution in [0.25, 0.3) is 0 Å². The van der Waals surface area contributed by atoms with E-state index in [-0.39, 0.29) is 5.92 Å². The molecule has 1 amide bonds. The summed E-state index contributed by atoms with van der Waals surface area (Å²) in [6.45, 7) is 3.24. The molecule has 2 aliphatic heterocycles. The van der Waals surface area contributed by atoms with E-state index >= 15 is 0 Å². The molecule has 27 heavy (non-hydrogen) atoms. The fourth-order valence-corrected chi connectivity index (χ4v) is 5.50. The highest BCUT2D eigenvalue weighted by Crippen LogP contribution is 2.29. The van der Waals surface area contributed by atoms with E-state index in [0.29, 0.717) is 10.8 Å². The minimum Gasteiger partial charge on any atom is -0.371 e. The molecule has 1 fully saturated rings. The van der Waals surface area contributed by atoms with Crippen LogP contribution in [-0.2, 0) is 27.6 Å². The van der Waals surface area contributed by atoms with Crippen molar-refractivity contribution in [3.05, 3.63) is 46.2 Å². The van der Waals surface area contributed by atoms with Gasteiger partial charge in [0.1, 0.15) is 0 Å².